The normalized spacial score (nSPS) is 11.5. The zero-order valence-electron chi connectivity index (χ0n) is 18.1. The molecule has 0 spiro atoms. The predicted octanol–water partition coefficient (Wildman–Crippen LogP) is 7.19. The average molecular weight is 387 g/mol. The zero-order valence-corrected chi connectivity index (χ0v) is 18.9. The smallest absolute Gasteiger partial charge is 0.0364 e. The molecule has 0 heterocycles. The molecule has 0 saturated heterocycles. The maximum absolute atomic E-state index is 6.03. The van der Waals surface area contributed by atoms with Crippen LogP contribution in [0.1, 0.15) is 70.4 Å². The number of unbranched alkanes of at least 4 members (excludes halogenated alkanes) is 1. The van der Waals surface area contributed by atoms with Crippen molar-refractivity contribution in [1.82, 2.24) is 0 Å². The van der Waals surface area contributed by atoms with Crippen molar-refractivity contribution in [3.8, 4) is 0 Å². The topological polar surface area (TPSA) is 29.3 Å². The minimum atomic E-state index is 0.400. The van der Waals surface area contributed by atoms with Crippen LogP contribution in [-0.4, -0.2) is 19.8 Å². The lowest BCUT2D eigenvalue weighted by molar-refractivity contribution is 0.688. The van der Waals surface area contributed by atoms with Crippen molar-refractivity contribution in [3.05, 3.63) is 53.6 Å². The number of anilines is 2. The number of nitrogen functional groups attached to an aromatic ring is 1. The summed E-state index contributed by atoms with van der Waals surface area (Å²) in [6, 6.07) is 15.2. The van der Waals surface area contributed by atoms with E-state index >= 15 is 0 Å². The number of thioether (sulfide) groups is 1. The highest BCUT2D eigenvalue weighted by atomic mass is 32.2. The van der Waals surface area contributed by atoms with Gasteiger partial charge in [0.2, 0.25) is 0 Å². The molecule has 0 saturated carbocycles. The van der Waals surface area contributed by atoms with E-state index in [1.165, 1.54) is 34.6 Å². The number of nitrogens with two attached hydrogens (primary N) is 1. The third kappa shape index (κ3) is 7.50. The summed E-state index contributed by atoms with van der Waals surface area (Å²) >= 11 is 1.93. The first-order valence-corrected chi connectivity index (χ1v) is 11.3. The summed E-state index contributed by atoms with van der Waals surface area (Å²) in [7, 11) is 4.20. The summed E-state index contributed by atoms with van der Waals surface area (Å²) in [5, 5.41) is 0. The summed E-state index contributed by atoms with van der Waals surface area (Å²) < 4.78 is 0. The number of nitrogens with zero attached hydrogens (tertiary/aromatic N) is 1. The third-order valence-corrected chi connectivity index (χ3v) is 5.55. The molecule has 2 aromatic carbocycles. The van der Waals surface area contributed by atoms with Gasteiger partial charge in [-0.05, 0) is 53.6 Å². The van der Waals surface area contributed by atoms with Crippen molar-refractivity contribution in [1.29, 1.82) is 0 Å². The number of rotatable bonds is 8. The molecule has 150 valence electrons. The molecule has 3 heteroatoms. The molecule has 0 aliphatic rings. The summed E-state index contributed by atoms with van der Waals surface area (Å²) in [6.07, 6.45) is 4.93. The van der Waals surface area contributed by atoms with E-state index in [0.29, 0.717) is 5.92 Å². The lowest BCUT2D eigenvalue weighted by Gasteiger charge is -2.23. The zero-order chi connectivity index (χ0) is 20.2. The second-order valence-corrected chi connectivity index (χ2v) is 8.37. The second-order valence-electron chi connectivity index (χ2n) is 7.06. The third-order valence-electron chi connectivity index (χ3n) is 4.58. The minimum absolute atomic E-state index is 0.400. The molecule has 0 radical (unpaired) electrons. The molecule has 2 nitrogen and oxygen atoms in total. The first kappa shape index (κ1) is 23.4. The van der Waals surface area contributed by atoms with Crippen LogP contribution in [0.3, 0.4) is 0 Å². The highest BCUT2D eigenvalue weighted by Gasteiger charge is 2.18. The van der Waals surface area contributed by atoms with Gasteiger partial charge in [0.25, 0.3) is 0 Å². The maximum Gasteiger partial charge on any atom is 0.0364 e. The average Bonchev–Trinajstić information content (AvgIpc) is 2.67. The van der Waals surface area contributed by atoms with Crippen LogP contribution in [0.2, 0.25) is 0 Å². The molecule has 27 heavy (non-hydrogen) atoms. The van der Waals surface area contributed by atoms with Crippen molar-refractivity contribution < 1.29 is 0 Å². The lowest BCUT2D eigenvalue weighted by Crippen LogP contribution is -2.11. The van der Waals surface area contributed by atoms with Crippen molar-refractivity contribution in [3.63, 3.8) is 0 Å². The number of hydrogen-bond donors (Lipinski definition) is 1. The Bertz CT molecular complexity index is 665. The first-order chi connectivity index (χ1) is 13.0. The molecular formula is C24H38N2S. The Balaban J connectivity index is 0.000000828. The van der Waals surface area contributed by atoms with Crippen molar-refractivity contribution in [2.45, 2.75) is 64.2 Å². The Labute approximate surface area is 171 Å². The molecule has 0 bridgehead atoms. The fourth-order valence-corrected chi connectivity index (χ4v) is 3.78. The Morgan fingerprint density at radius 3 is 2.15 bits per heavy atom. The van der Waals surface area contributed by atoms with Crippen LogP contribution in [0.25, 0.3) is 0 Å². The number of benzene rings is 2. The van der Waals surface area contributed by atoms with Gasteiger partial charge >= 0.3 is 0 Å². The van der Waals surface area contributed by atoms with Crippen LogP contribution in [-0.2, 0) is 0 Å². The minimum Gasteiger partial charge on any atom is -0.399 e. The van der Waals surface area contributed by atoms with Crippen LogP contribution < -0.4 is 10.6 Å². The van der Waals surface area contributed by atoms with Gasteiger partial charge in [0.15, 0.2) is 0 Å². The van der Waals surface area contributed by atoms with Gasteiger partial charge in [0, 0.05) is 36.3 Å². The summed E-state index contributed by atoms with van der Waals surface area (Å²) in [4.78, 5) is 3.56. The van der Waals surface area contributed by atoms with Crippen molar-refractivity contribution in [2.24, 2.45) is 0 Å². The molecule has 2 aromatic rings. The van der Waals surface area contributed by atoms with Crippen LogP contribution in [0, 0.1) is 0 Å². The summed E-state index contributed by atoms with van der Waals surface area (Å²) in [6.45, 7) is 8.82. The van der Waals surface area contributed by atoms with E-state index in [4.69, 9.17) is 5.73 Å². The fraction of sp³-hybridized carbons (Fsp3) is 0.500. The molecule has 1 atom stereocenters. The van der Waals surface area contributed by atoms with E-state index in [9.17, 15) is 0 Å². The molecule has 0 aromatic heterocycles. The van der Waals surface area contributed by atoms with E-state index in [-0.39, 0.29) is 0 Å². The SMILES string of the molecule is CCCC.CCC[C@H](c1cccc(N)c1)c1cc(N(C)C)ccc1SCC. The first-order valence-electron chi connectivity index (χ1n) is 10.3. The van der Waals surface area contributed by atoms with E-state index in [1.807, 2.05) is 17.8 Å². The Hall–Kier alpha value is -1.61. The van der Waals surface area contributed by atoms with Gasteiger partial charge in [-0.25, -0.2) is 0 Å². The van der Waals surface area contributed by atoms with Crippen LogP contribution in [0.15, 0.2) is 47.4 Å². The van der Waals surface area contributed by atoms with Crippen LogP contribution in [0.4, 0.5) is 11.4 Å². The Morgan fingerprint density at radius 2 is 1.63 bits per heavy atom. The maximum atomic E-state index is 6.03. The molecule has 0 aliphatic heterocycles. The number of hydrogen-bond acceptors (Lipinski definition) is 3. The van der Waals surface area contributed by atoms with Gasteiger partial charge in [-0.3, -0.25) is 0 Å². The standard InChI is InChI=1S/C20H28N2S.C4H10/c1-5-8-18(15-9-7-10-16(21)13-15)19-14-17(22(3)4)11-12-20(19)23-6-2;1-3-4-2/h7,9-14,18H,5-6,8,21H2,1-4H3;3-4H2,1-2H3/t18-;/m1./s1. The van der Waals surface area contributed by atoms with Crippen molar-refractivity contribution in [2.75, 3.05) is 30.5 Å². The van der Waals surface area contributed by atoms with E-state index < -0.39 is 0 Å². The second kappa shape index (κ2) is 12.7. The summed E-state index contributed by atoms with van der Waals surface area (Å²) in [5.41, 5.74) is 10.9. The van der Waals surface area contributed by atoms with E-state index in [1.54, 1.807) is 0 Å². The lowest BCUT2D eigenvalue weighted by atomic mass is 9.87. The quantitative estimate of drug-likeness (QED) is 0.384. The molecule has 0 fully saturated rings. The Morgan fingerprint density at radius 1 is 0.926 bits per heavy atom. The van der Waals surface area contributed by atoms with E-state index in [2.05, 4.69) is 83.1 Å². The molecular weight excluding hydrogens is 348 g/mol. The highest BCUT2D eigenvalue weighted by Crippen LogP contribution is 2.38. The molecule has 0 unspecified atom stereocenters. The molecule has 0 aliphatic carbocycles. The largest absolute Gasteiger partial charge is 0.399 e. The van der Waals surface area contributed by atoms with Gasteiger partial charge in [-0.1, -0.05) is 59.1 Å². The van der Waals surface area contributed by atoms with Gasteiger partial charge < -0.3 is 10.6 Å². The highest BCUT2D eigenvalue weighted by molar-refractivity contribution is 7.99. The molecule has 2 N–H and O–H groups in total. The van der Waals surface area contributed by atoms with E-state index in [0.717, 1.165) is 24.3 Å². The van der Waals surface area contributed by atoms with Gasteiger partial charge in [-0.2, -0.15) is 0 Å². The van der Waals surface area contributed by atoms with Gasteiger partial charge in [0.05, 0.1) is 0 Å². The predicted molar refractivity (Wildman–Crippen MR) is 125 cm³/mol. The molecule has 2 rings (SSSR count). The van der Waals surface area contributed by atoms with Gasteiger partial charge in [-0.15, -0.1) is 11.8 Å². The van der Waals surface area contributed by atoms with Crippen LogP contribution in [0.5, 0.6) is 0 Å². The fourth-order valence-electron chi connectivity index (χ4n) is 2.94. The monoisotopic (exact) mass is 386 g/mol. The van der Waals surface area contributed by atoms with Crippen molar-refractivity contribution >= 4 is 23.1 Å². The van der Waals surface area contributed by atoms with Gasteiger partial charge in [0.1, 0.15) is 0 Å². The Kier molecular flexibility index (Phi) is 11.0. The molecule has 0 amide bonds. The summed E-state index contributed by atoms with van der Waals surface area (Å²) in [5.74, 6) is 1.49. The van der Waals surface area contributed by atoms with Crippen LogP contribution >= 0.6 is 11.8 Å².